The van der Waals surface area contributed by atoms with Crippen LogP contribution in [0.1, 0.15) is 11.1 Å². The van der Waals surface area contributed by atoms with Gasteiger partial charge in [0, 0.05) is 17.8 Å². The smallest absolute Gasteiger partial charge is 0.233 e. The van der Waals surface area contributed by atoms with Crippen LogP contribution in [0.15, 0.2) is 60.8 Å². The van der Waals surface area contributed by atoms with Gasteiger partial charge in [0.1, 0.15) is 5.75 Å². The van der Waals surface area contributed by atoms with Gasteiger partial charge in [0.2, 0.25) is 15.9 Å². The highest BCUT2D eigenvalue weighted by molar-refractivity contribution is 7.92. The van der Waals surface area contributed by atoms with Crippen molar-refractivity contribution in [3.63, 3.8) is 0 Å². The van der Waals surface area contributed by atoms with E-state index < -0.39 is 10.0 Å². The highest BCUT2D eigenvalue weighted by atomic mass is 32.2. The molecule has 2 heterocycles. The van der Waals surface area contributed by atoms with Crippen molar-refractivity contribution in [1.29, 1.82) is 0 Å². The molecule has 0 radical (unpaired) electrons. The molecule has 5 nitrogen and oxygen atoms in total. The minimum Gasteiger partial charge on any atom is -0.439 e. The molecule has 0 fully saturated rings. The Morgan fingerprint density at radius 3 is 2.62 bits per heavy atom. The number of aromatic nitrogens is 1. The molecule has 0 saturated carbocycles. The SMILES string of the molecule is Cc1cc2c(c(-c3ccc(Oc4ccccn4)cc3)c1)NS(=O)(=O)CC2. The molecular formula is C20H18N2O3S. The van der Waals surface area contributed by atoms with Crippen LogP contribution in [-0.4, -0.2) is 19.2 Å². The first-order valence-electron chi connectivity index (χ1n) is 8.33. The van der Waals surface area contributed by atoms with Gasteiger partial charge in [0.15, 0.2) is 0 Å². The number of sulfonamides is 1. The summed E-state index contributed by atoms with van der Waals surface area (Å²) in [5.41, 5.74) is 4.63. The average molecular weight is 366 g/mol. The number of nitrogens with one attached hydrogen (secondary N) is 1. The van der Waals surface area contributed by atoms with Crippen LogP contribution in [0.4, 0.5) is 5.69 Å². The number of ether oxygens (including phenoxy) is 1. The second-order valence-corrected chi connectivity index (χ2v) is 8.15. The lowest BCUT2D eigenvalue weighted by Gasteiger charge is -2.22. The molecule has 0 atom stereocenters. The maximum Gasteiger partial charge on any atom is 0.233 e. The Labute approximate surface area is 152 Å². The molecule has 0 saturated heterocycles. The Kier molecular flexibility index (Phi) is 4.12. The molecular weight excluding hydrogens is 348 g/mol. The summed E-state index contributed by atoms with van der Waals surface area (Å²) in [4.78, 5) is 4.14. The summed E-state index contributed by atoms with van der Waals surface area (Å²) in [6.45, 7) is 2.02. The van der Waals surface area contributed by atoms with Gasteiger partial charge in [-0.1, -0.05) is 29.8 Å². The number of hydrogen-bond acceptors (Lipinski definition) is 4. The number of nitrogens with zero attached hydrogens (tertiary/aromatic N) is 1. The van der Waals surface area contributed by atoms with Crippen molar-refractivity contribution < 1.29 is 13.2 Å². The van der Waals surface area contributed by atoms with Crippen LogP contribution in [0.2, 0.25) is 0 Å². The van der Waals surface area contributed by atoms with Crippen molar-refractivity contribution in [2.24, 2.45) is 0 Å². The molecule has 132 valence electrons. The molecule has 1 aliphatic rings. The normalized spacial score (nSPS) is 15.0. The van der Waals surface area contributed by atoms with E-state index in [-0.39, 0.29) is 5.75 Å². The van der Waals surface area contributed by atoms with Gasteiger partial charge in [-0.3, -0.25) is 4.72 Å². The maximum atomic E-state index is 12.0. The Morgan fingerprint density at radius 1 is 1.08 bits per heavy atom. The third-order valence-electron chi connectivity index (χ3n) is 4.29. The predicted molar refractivity (Wildman–Crippen MR) is 102 cm³/mol. The van der Waals surface area contributed by atoms with Crippen LogP contribution in [0.5, 0.6) is 11.6 Å². The quantitative estimate of drug-likeness (QED) is 0.756. The van der Waals surface area contributed by atoms with Gasteiger partial charge in [0.05, 0.1) is 11.4 Å². The number of benzene rings is 2. The zero-order valence-corrected chi connectivity index (χ0v) is 15.1. The minimum absolute atomic E-state index is 0.125. The van der Waals surface area contributed by atoms with E-state index in [1.807, 2.05) is 55.5 Å². The van der Waals surface area contributed by atoms with Gasteiger partial charge in [-0.05, 0) is 48.7 Å². The van der Waals surface area contributed by atoms with Crippen molar-refractivity contribution in [3.8, 4) is 22.8 Å². The highest BCUT2D eigenvalue weighted by Gasteiger charge is 2.23. The molecule has 1 aromatic heterocycles. The average Bonchev–Trinajstić information content (AvgIpc) is 2.63. The fourth-order valence-electron chi connectivity index (χ4n) is 3.09. The molecule has 4 rings (SSSR count). The molecule has 0 unspecified atom stereocenters. The van der Waals surface area contributed by atoms with Crippen LogP contribution >= 0.6 is 0 Å². The third kappa shape index (κ3) is 3.41. The maximum absolute atomic E-state index is 12.0. The van der Waals surface area contributed by atoms with E-state index in [9.17, 15) is 8.42 Å². The Morgan fingerprint density at radius 2 is 1.88 bits per heavy atom. The fourth-order valence-corrected chi connectivity index (χ4v) is 4.23. The van der Waals surface area contributed by atoms with Crippen molar-refractivity contribution in [2.45, 2.75) is 13.3 Å². The molecule has 2 aromatic carbocycles. The highest BCUT2D eigenvalue weighted by Crippen LogP contribution is 2.36. The van der Waals surface area contributed by atoms with Crippen molar-refractivity contribution >= 4 is 15.7 Å². The van der Waals surface area contributed by atoms with Gasteiger partial charge in [-0.2, -0.15) is 0 Å². The molecule has 3 aromatic rings. The molecule has 0 spiro atoms. The van der Waals surface area contributed by atoms with Crippen molar-refractivity contribution in [1.82, 2.24) is 4.98 Å². The van der Waals surface area contributed by atoms with E-state index >= 15 is 0 Å². The number of hydrogen-bond donors (Lipinski definition) is 1. The lowest BCUT2D eigenvalue weighted by atomic mass is 9.96. The van der Waals surface area contributed by atoms with Gasteiger partial charge in [0.25, 0.3) is 0 Å². The van der Waals surface area contributed by atoms with Gasteiger partial charge in [-0.15, -0.1) is 0 Å². The van der Waals surface area contributed by atoms with Crippen LogP contribution < -0.4 is 9.46 Å². The van der Waals surface area contributed by atoms with Crippen LogP contribution in [0, 0.1) is 6.92 Å². The standard InChI is InChI=1S/C20H18N2O3S/c1-14-12-16-9-11-26(23,24)22-20(16)18(13-14)15-5-7-17(8-6-15)25-19-4-2-3-10-21-19/h2-8,10,12-13,22H,9,11H2,1H3. The van der Waals surface area contributed by atoms with Crippen LogP contribution in [0.25, 0.3) is 11.1 Å². The molecule has 0 aliphatic carbocycles. The van der Waals surface area contributed by atoms with E-state index in [0.717, 1.165) is 22.3 Å². The topological polar surface area (TPSA) is 68.3 Å². The second kappa shape index (κ2) is 6.46. The Hall–Kier alpha value is -2.86. The lowest BCUT2D eigenvalue weighted by Crippen LogP contribution is -2.24. The Bertz CT molecular complexity index is 1050. The fraction of sp³-hybridized carbons (Fsp3) is 0.150. The molecule has 0 bridgehead atoms. The molecule has 6 heteroatoms. The van der Waals surface area contributed by atoms with E-state index in [4.69, 9.17) is 4.74 Å². The first-order valence-corrected chi connectivity index (χ1v) is 9.99. The van der Waals surface area contributed by atoms with Gasteiger partial charge >= 0.3 is 0 Å². The first-order chi connectivity index (χ1) is 12.5. The Balaban J connectivity index is 1.69. The summed E-state index contributed by atoms with van der Waals surface area (Å²) < 4.78 is 32.4. The zero-order chi connectivity index (χ0) is 18.1. The van der Waals surface area contributed by atoms with Gasteiger partial charge < -0.3 is 4.74 Å². The summed E-state index contributed by atoms with van der Waals surface area (Å²) >= 11 is 0. The van der Waals surface area contributed by atoms with Crippen LogP contribution in [0.3, 0.4) is 0 Å². The molecule has 1 aliphatic heterocycles. The second-order valence-electron chi connectivity index (χ2n) is 6.31. The van der Waals surface area contributed by atoms with Crippen molar-refractivity contribution in [2.75, 3.05) is 10.5 Å². The summed E-state index contributed by atoms with van der Waals surface area (Å²) in [5.74, 6) is 1.33. The number of anilines is 1. The van der Waals surface area contributed by atoms with E-state index in [1.165, 1.54) is 0 Å². The number of pyridine rings is 1. The number of aryl methyl sites for hydroxylation is 2. The van der Waals surface area contributed by atoms with Crippen molar-refractivity contribution in [3.05, 3.63) is 71.9 Å². The predicted octanol–water partition coefficient (Wildman–Crippen LogP) is 4.15. The summed E-state index contributed by atoms with van der Waals surface area (Å²) in [6, 6.07) is 17.1. The van der Waals surface area contributed by atoms with E-state index in [2.05, 4.69) is 9.71 Å². The molecule has 1 N–H and O–H groups in total. The van der Waals surface area contributed by atoms with Crippen LogP contribution in [-0.2, 0) is 16.4 Å². The van der Waals surface area contributed by atoms with E-state index in [0.29, 0.717) is 23.7 Å². The lowest BCUT2D eigenvalue weighted by molar-refractivity contribution is 0.463. The molecule has 0 amide bonds. The monoisotopic (exact) mass is 366 g/mol. The largest absolute Gasteiger partial charge is 0.439 e. The summed E-state index contributed by atoms with van der Waals surface area (Å²) in [7, 11) is -3.27. The minimum atomic E-state index is -3.27. The number of fused-ring (bicyclic) bond motifs is 1. The summed E-state index contributed by atoms with van der Waals surface area (Å²) in [5, 5.41) is 0. The molecule has 26 heavy (non-hydrogen) atoms. The number of rotatable bonds is 3. The van der Waals surface area contributed by atoms with E-state index in [1.54, 1.807) is 12.3 Å². The third-order valence-corrected chi connectivity index (χ3v) is 5.54. The zero-order valence-electron chi connectivity index (χ0n) is 14.3. The first kappa shape index (κ1) is 16.6. The van der Waals surface area contributed by atoms with Gasteiger partial charge in [-0.25, -0.2) is 13.4 Å². The summed E-state index contributed by atoms with van der Waals surface area (Å²) in [6.07, 6.45) is 2.20.